The quantitative estimate of drug-likeness (QED) is 0.481. The van der Waals surface area contributed by atoms with Gasteiger partial charge in [-0.3, -0.25) is 10.6 Å². The van der Waals surface area contributed by atoms with Gasteiger partial charge in [0, 0.05) is 5.02 Å². The zero-order valence-electron chi connectivity index (χ0n) is 9.35. The number of benzene rings is 1. The van der Waals surface area contributed by atoms with Crippen molar-refractivity contribution in [3.8, 4) is 12.1 Å². The Kier molecular flexibility index (Phi) is 4.94. The first-order valence-electron chi connectivity index (χ1n) is 4.93. The third-order valence-corrected chi connectivity index (χ3v) is 2.41. The van der Waals surface area contributed by atoms with Crippen molar-refractivity contribution in [2.75, 3.05) is 18.5 Å². The van der Waals surface area contributed by atoms with Gasteiger partial charge in [-0.05, 0) is 18.2 Å². The molecule has 0 saturated carbocycles. The highest BCUT2D eigenvalue weighted by atomic mass is 35.5. The Balaban J connectivity index is 3.12. The minimum Gasteiger partial charge on any atom is -0.323 e. The van der Waals surface area contributed by atoms with Crippen LogP contribution in [0.2, 0.25) is 5.02 Å². The topological polar surface area (TPSA) is 106 Å². The summed E-state index contributed by atoms with van der Waals surface area (Å²) in [5.41, 5.74) is 2.97. The molecule has 0 aliphatic rings. The molecule has 1 aromatic carbocycles. The molecule has 3 N–H and O–H groups in total. The fourth-order valence-electron chi connectivity index (χ4n) is 1.36. The maximum Gasteiger partial charge on any atom is 0.257 e. The maximum atomic E-state index is 12.1. The van der Waals surface area contributed by atoms with E-state index in [4.69, 9.17) is 28.0 Å². The number of carbonyl (C=O) groups is 1. The fraction of sp³-hybridized carbons (Fsp3) is 0.182. The number of nitrogens with one attached hydrogen (secondary N) is 1. The minimum atomic E-state index is -0.478. The lowest BCUT2D eigenvalue weighted by atomic mass is 10.1. The zero-order valence-corrected chi connectivity index (χ0v) is 10.1. The van der Waals surface area contributed by atoms with Gasteiger partial charge in [0.05, 0.1) is 23.4 Å². The van der Waals surface area contributed by atoms with Crippen LogP contribution in [0.1, 0.15) is 10.4 Å². The molecule has 0 heterocycles. The van der Waals surface area contributed by atoms with Crippen LogP contribution in [0.3, 0.4) is 0 Å². The van der Waals surface area contributed by atoms with Crippen LogP contribution in [-0.2, 0) is 0 Å². The number of rotatable bonds is 4. The van der Waals surface area contributed by atoms with Crippen molar-refractivity contribution in [2.45, 2.75) is 0 Å². The molecule has 1 aromatic rings. The highest BCUT2D eigenvalue weighted by Crippen LogP contribution is 2.21. The molecule has 0 radical (unpaired) electrons. The predicted octanol–water partition coefficient (Wildman–Crippen LogP) is 1.11. The van der Waals surface area contributed by atoms with E-state index in [0.717, 1.165) is 4.90 Å². The first-order valence-corrected chi connectivity index (χ1v) is 5.31. The van der Waals surface area contributed by atoms with Crippen LogP contribution >= 0.6 is 11.6 Å². The molecule has 1 rings (SSSR count). The zero-order chi connectivity index (χ0) is 13.5. The molecule has 0 atom stereocenters. The van der Waals surface area contributed by atoms with Gasteiger partial charge >= 0.3 is 0 Å². The Morgan fingerprint density at radius 3 is 2.50 bits per heavy atom. The molecule has 0 aliphatic heterocycles. The molecule has 0 unspecified atom stereocenters. The molecule has 0 saturated heterocycles. The van der Waals surface area contributed by atoms with Crippen molar-refractivity contribution in [1.29, 1.82) is 10.5 Å². The van der Waals surface area contributed by atoms with E-state index in [0.29, 0.717) is 10.7 Å². The predicted molar refractivity (Wildman–Crippen MR) is 66.4 cm³/mol. The van der Waals surface area contributed by atoms with Gasteiger partial charge in [0.25, 0.3) is 5.91 Å². The van der Waals surface area contributed by atoms with E-state index in [1.54, 1.807) is 12.1 Å². The van der Waals surface area contributed by atoms with Crippen molar-refractivity contribution >= 4 is 23.2 Å². The number of anilines is 1. The van der Waals surface area contributed by atoms with E-state index >= 15 is 0 Å². The van der Waals surface area contributed by atoms with Crippen molar-refractivity contribution in [3.05, 3.63) is 28.8 Å². The number of nitrogen functional groups attached to an aromatic ring is 1. The summed E-state index contributed by atoms with van der Waals surface area (Å²) in [4.78, 5) is 13.2. The van der Waals surface area contributed by atoms with Crippen LogP contribution in [0.5, 0.6) is 0 Å². The van der Waals surface area contributed by atoms with Crippen molar-refractivity contribution in [2.24, 2.45) is 5.84 Å². The molecular formula is C11H10ClN5O. The van der Waals surface area contributed by atoms with E-state index in [2.05, 4.69) is 5.43 Å². The number of nitrogens with zero attached hydrogens (tertiary/aromatic N) is 3. The summed E-state index contributed by atoms with van der Waals surface area (Å²) in [5, 5.41) is 17.6. The molecule has 6 nitrogen and oxygen atoms in total. The van der Waals surface area contributed by atoms with Crippen LogP contribution in [0, 0.1) is 22.7 Å². The van der Waals surface area contributed by atoms with Gasteiger partial charge in [-0.1, -0.05) is 11.6 Å². The highest BCUT2D eigenvalue weighted by Gasteiger charge is 2.18. The molecule has 0 spiro atoms. The van der Waals surface area contributed by atoms with Crippen molar-refractivity contribution in [1.82, 2.24) is 4.90 Å². The third-order valence-electron chi connectivity index (χ3n) is 2.18. The van der Waals surface area contributed by atoms with Gasteiger partial charge < -0.3 is 10.3 Å². The summed E-state index contributed by atoms with van der Waals surface area (Å²) in [6, 6.07) is 8.20. The summed E-state index contributed by atoms with van der Waals surface area (Å²) in [7, 11) is 0. The third kappa shape index (κ3) is 3.11. The van der Waals surface area contributed by atoms with Gasteiger partial charge in [-0.25, -0.2) is 0 Å². The molecule has 0 fully saturated rings. The first-order chi connectivity index (χ1) is 8.63. The number of hydrogen-bond donors (Lipinski definition) is 2. The number of halogens is 1. The average Bonchev–Trinajstić information content (AvgIpc) is 2.37. The molecular weight excluding hydrogens is 254 g/mol. The van der Waals surface area contributed by atoms with Gasteiger partial charge in [0.2, 0.25) is 0 Å². The van der Waals surface area contributed by atoms with E-state index in [9.17, 15) is 4.79 Å². The van der Waals surface area contributed by atoms with E-state index in [1.165, 1.54) is 6.07 Å². The van der Waals surface area contributed by atoms with Gasteiger partial charge in [-0.2, -0.15) is 10.5 Å². The number of hydrogen-bond acceptors (Lipinski definition) is 5. The molecule has 1 amide bonds. The lowest BCUT2D eigenvalue weighted by Crippen LogP contribution is -2.32. The Labute approximate surface area is 109 Å². The summed E-state index contributed by atoms with van der Waals surface area (Å²) in [6.45, 7) is -0.355. The minimum absolute atomic E-state index is 0.178. The lowest BCUT2D eigenvalue weighted by molar-refractivity contribution is 0.0795. The second-order valence-corrected chi connectivity index (χ2v) is 3.75. The summed E-state index contributed by atoms with van der Waals surface area (Å²) in [5.74, 6) is 4.81. The molecule has 0 bridgehead atoms. The molecule has 0 aromatic heterocycles. The number of nitriles is 2. The normalized spacial score (nSPS) is 9.11. The Bertz CT molecular complexity index is 515. The molecule has 7 heteroatoms. The van der Waals surface area contributed by atoms with Crippen LogP contribution in [0.4, 0.5) is 5.69 Å². The second-order valence-electron chi connectivity index (χ2n) is 3.31. The summed E-state index contributed by atoms with van der Waals surface area (Å²) >= 11 is 5.81. The van der Waals surface area contributed by atoms with Crippen LogP contribution in [-0.4, -0.2) is 23.9 Å². The van der Waals surface area contributed by atoms with Crippen LogP contribution in [0.15, 0.2) is 18.2 Å². The van der Waals surface area contributed by atoms with Gasteiger partial charge in [-0.15, -0.1) is 0 Å². The van der Waals surface area contributed by atoms with E-state index in [-0.39, 0.29) is 18.7 Å². The monoisotopic (exact) mass is 263 g/mol. The van der Waals surface area contributed by atoms with Crippen molar-refractivity contribution < 1.29 is 4.79 Å². The van der Waals surface area contributed by atoms with Crippen LogP contribution in [0.25, 0.3) is 0 Å². The molecule has 18 heavy (non-hydrogen) atoms. The lowest BCUT2D eigenvalue weighted by Gasteiger charge is -2.17. The Morgan fingerprint density at radius 2 is 2.00 bits per heavy atom. The van der Waals surface area contributed by atoms with Crippen LogP contribution < -0.4 is 11.3 Å². The summed E-state index contributed by atoms with van der Waals surface area (Å²) in [6.07, 6.45) is 0. The van der Waals surface area contributed by atoms with Crippen molar-refractivity contribution in [3.63, 3.8) is 0 Å². The Hall–Kier alpha value is -2.28. The SMILES string of the molecule is N#CCN(CC#N)C(=O)c1cc(Cl)ccc1NN. The fourth-order valence-corrected chi connectivity index (χ4v) is 1.53. The molecule has 0 aliphatic carbocycles. The summed E-state index contributed by atoms with van der Waals surface area (Å²) < 4.78 is 0. The first kappa shape index (κ1) is 13.8. The van der Waals surface area contributed by atoms with E-state index in [1.807, 2.05) is 12.1 Å². The smallest absolute Gasteiger partial charge is 0.257 e. The molecule has 92 valence electrons. The largest absolute Gasteiger partial charge is 0.323 e. The highest BCUT2D eigenvalue weighted by molar-refractivity contribution is 6.31. The number of carbonyl (C=O) groups excluding carboxylic acids is 1. The second kappa shape index (κ2) is 6.45. The maximum absolute atomic E-state index is 12.1. The number of hydrazine groups is 1. The average molecular weight is 264 g/mol. The standard InChI is InChI=1S/C11H10ClN5O/c12-8-1-2-10(16-15)9(7-8)11(18)17(5-3-13)6-4-14/h1-2,7,16H,5-6,15H2. The number of nitrogens with two attached hydrogens (primary N) is 1. The Morgan fingerprint density at radius 1 is 1.39 bits per heavy atom. The van der Waals surface area contributed by atoms with E-state index < -0.39 is 5.91 Å². The number of amides is 1. The van der Waals surface area contributed by atoms with Gasteiger partial charge in [0.15, 0.2) is 0 Å². The van der Waals surface area contributed by atoms with Gasteiger partial charge in [0.1, 0.15) is 13.1 Å².